The molecule has 1 atom stereocenters. The largest absolute Gasteiger partial charge is 0.299 e. The Morgan fingerprint density at radius 2 is 1.67 bits per heavy atom. The molecular formula is C13H20O2. The molecule has 2 heteroatoms. The van der Waals surface area contributed by atoms with Crippen LogP contribution < -0.4 is 0 Å². The highest BCUT2D eigenvalue weighted by molar-refractivity contribution is 5.87. The summed E-state index contributed by atoms with van der Waals surface area (Å²) in [6.07, 6.45) is 6.78. The highest BCUT2D eigenvalue weighted by Gasteiger charge is 2.29. The first kappa shape index (κ1) is 13.8. The third-order valence-corrected chi connectivity index (χ3v) is 2.84. The predicted molar refractivity (Wildman–Crippen MR) is 62.6 cm³/mol. The van der Waals surface area contributed by atoms with Gasteiger partial charge in [-0.25, -0.2) is 0 Å². The van der Waals surface area contributed by atoms with Gasteiger partial charge in [0, 0.05) is 5.41 Å². The lowest BCUT2D eigenvalue weighted by atomic mass is 9.76. The zero-order chi connectivity index (χ0) is 12.1. The SMILES string of the molecule is CC(=O)/C=C/C=C/C(C)(C(C)=O)C(C)C. The number of rotatable bonds is 5. The molecule has 0 heterocycles. The Balaban J connectivity index is 4.71. The van der Waals surface area contributed by atoms with E-state index in [1.165, 1.54) is 13.0 Å². The van der Waals surface area contributed by atoms with Crippen LogP contribution in [0.3, 0.4) is 0 Å². The van der Waals surface area contributed by atoms with Crippen LogP contribution in [0.2, 0.25) is 0 Å². The van der Waals surface area contributed by atoms with Gasteiger partial charge in [-0.3, -0.25) is 9.59 Å². The maximum atomic E-state index is 11.5. The van der Waals surface area contributed by atoms with Gasteiger partial charge < -0.3 is 0 Å². The van der Waals surface area contributed by atoms with Gasteiger partial charge in [0.2, 0.25) is 0 Å². The fourth-order valence-corrected chi connectivity index (χ4v) is 1.16. The number of hydrogen-bond donors (Lipinski definition) is 0. The molecule has 0 rings (SSSR count). The Kier molecular flexibility index (Phi) is 5.20. The van der Waals surface area contributed by atoms with Crippen molar-refractivity contribution in [2.24, 2.45) is 11.3 Å². The van der Waals surface area contributed by atoms with Gasteiger partial charge in [-0.05, 0) is 32.8 Å². The normalized spacial score (nSPS) is 16.1. The molecule has 2 nitrogen and oxygen atoms in total. The summed E-state index contributed by atoms with van der Waals surface area (Å²) < 4.78 is 0. The van der Waals surface area contributed by atoms with Crippen molar-refractivity contribution in [1.29, 1.82) is 0 Å². The maximum Gasteiger partial charge on any atom is 0.152 e. The fraction of sp³-hybridized carbons (Fsp3) is 0.538. The molecule has 0 aromatic rings. The second kappa shape index (κ2) is 5.64. The third kappa shape index (κ3) is 4.24. The van der Waals surface area contributed by atoms with E-state index in [1.807, 2.05) is 26.8 Å². The Morgan fingerprint density at radius 1 is 1.13 bits per heavy atom. The molecule has 0 spiro atoms. The van der Waals surface area contributed by atoms with Crippen molar-refractivity contribution in [3.8, 4) is 0 Å². The van der Waals surface area contributed by atoms with Crippen LogP contribution in [0.1, 0.15) is 34.6 Å². The summed E-state index contributed by atoms with van der Waals surface area (Å²) >= 11 is 0. The average Bonchev–Trinajstić information content (AvgIpc) is 2.10. The first-order valence-electron chi connectivity index (χ1n) is 5.18. The van der Waals surface area contributed by atoms with E-state index >= 15 is 0 Å². The van der Waals surface area contributed by atoms with Crippen LogP contribution in [0.5, 0.6) is 0 Å². The summed E-state index contributed by atoms with van der Waals surface area (Å²) in [4.78, 5) is 22.1. The molecular weight excluding hydrogens is 188 g/mol. The number of ketones is 2. The molecule has 0 aromatic heterocycles. The van der Waals surface area contributed by atoms with E-state index in [4.69, 9.17) is 0 Å². The molecule has 0 fully saturated rings. The quantitative estimate of drug-likeness (QED) is 0.514. The van der Waals surface area contributed by atoms with Gasteiger partial charge in [0.25, 0.3) is 0 Å². The van der Waals surface area contributed by atoms with Crippen LogP contribution in [-0.4, -0.2) is 11.6 Å². The van der Waals surface area contributed by atoms with E-state index < -0.39 is 5.41 Å². The molecule has 0 amide bonds. The van der Waals surface area contributed by atoms with Gasteiger partial charge in [0.05, 0.1) is 0 Å². The molecule has 0 saturated heterocycles. The molecule has 0 aliphatic rings. The van der Waals surface area contributed by atoms with Crippen molar-refractivity contribution in [3.05, 3.63) is 24.3 Å². The van der Waals surface area contributed by atoms with Crippen LogP contribution in [0.15, 0.2) is 24.3 Å². The molecule has 84 valence electrons. The van der Waals surface area contributed by atoms with Crippen molar-refractivity contribution in [2.75, 3.05) is 0 Å². The van der Waals surface area contributed by atoms with Gasteiger partial charge >= 0.3 is 0 Å². The fourth-order valence-electron chi connectivity index (χ4n) is 1.16. The maximum absolute atomic E-state index is 11.5. The number of carbonyl (C=O) groups excluding carboxylic acids is 2. The van der Waals surface area contributed by atoms with E-state index in [0.29, 0.717) is 0 Å². The van der Waals surface area contributed by atoms with Crippen molar-refractivity contribution >= 4 is 11.6 Å². The molecule has 0 bridgehead atoms. The summed E-state index contributed by atoms with van der Waals surface area (Å²) in [6.45, 7) is 9.04. The van der Waals surface area contributed by atoms with Crippen LogP contribution >= 0.6 is 0 Å². The summed E-state index contributed by atoms with van der Waals surface area (Å²) in [7, 11) is 0. The second-order valence-electron chi connectivity index (χ2n) is 4.32. The van der Waals surface area contributed by atoms with Crippen molar-refractivity contribution in [3.63, 3.8) is 0 Å². The zero-order valence-corrected chi connectivity index (χ0v) is 10.2. The van der Waals surface area contributed by atoms with Crippen LogP contribution in [0.25, 0.3) is 0 Å². The standard InChI is InChI=1S/C13H20O2/c1-10(2)13(5,12(4)15)9-7-6-8-11(3)14/h6-10H,1-5H3/b8-6+,9-7+. The summed E-state index contributed by atoms with van der Waals surface area (Å²) in [5.41, 5.74) is -0.443. The minimum absolute atomic E-state index is 0.00808. The van der Waals surface area contributed by atoms with E-state index in [1.54, 1.807) is 19.1 Å². The van der Waals surface area contributed by atoms with Crippen LogP contribution in [0.4, 0.5) is 0 Å². The monoisotopic (exact) mass is 208 g/mol. The molecule has 0 saturated carbocycles. The minimum atomic E-state index is -0.443. The molecule has 0 aliphatic heterocycles. The second-order valence-corrected chi connectivity index (χ2v) is 4.32. The smallest absolute Gasteiger partial charge is 0.152 e. The molecule has 15 heavy (non-hydrogen) atoms. The van der Waals surface area contributed by atoms with Crippen LogP contribution in [0, 0.1) is 11.3 Å². The van der Waals surface area contributed by atoms with Crippen LogP contribution in [-0.2, 0) is 9.59 Å². The number of allylic oxidation sites excluding steroid dienone is 4. The van der Waals surface area contributed by atoms with Gasteiger partial charge in [0.15, 0.2) is 5.78 Å². The predicted octanol–water partition coefficient (Wildman–Crippen LogP) is 2.94. The zero-order valence-electron chi connectivity index (χ0n) is 10.2. The third-order valence-electron chi connectivity index (χ3n) is 2.84. The topological polar surface area (TPSA) is 34.1 Å². The van der Waals surface area contributed by atoms with E-state index in [2.05, 4.69) is 0 Å². The first-order chi connectivity index (χ1) is 6.80. The Hall–Kier alpha value is -1.18. The Morgan fingerprint density at radius 3 is 2.00 bits per heavy atom. The summed E-state index contributed by atoms with van der Waals surface area (Å²) in [6, 6.07) is 0. The first-order valence-corrected chi connectivity index (χ1v) is 5.18. The Bertz CT molecular complexity index is 298. The number of carbonyl (C=O) groups is 2. The van der Waals surface area contributed by atoms with Crippen molar-refractivity contribution < 1.29 is 9.59 Å². The van der Waals surface area contributed by atoms with Crippen molar-refractivity contribution in [2.45, 2.75) is 34.6 Å². The van der Waals surface area contributed by atoms with Gasteiger partial charge in [0.1, 0.15) is 5.78 Å². The molecule has 0 aromatic carbocycles. The molecule has 1 unspecified atom stereocenters. The van der Waals surface area contributed by atoms with E-state index in [0.717, 1.165) is 0 Å². The highest BCUT2D eigenvalue weighted by Crippen LogP contribution is 2.29. The lowest BCUT2D eigenvalue weighted by Crippen LogP contribution is -2.28. The molecule has 0 N–H and O–H groups in total. The number of hydrogen-bond acceptors (Lipinski definition) is 2. The highest BCUT2D eigenvalue weighted by atomic mass is 16.1. The number of Topliss-reactive ketones (excluding diaryl/α,β-unsaturated/α-hetero) is 1. The van der Waals surface area contributed by atoms with E-state index in [-0.39, 0.29) is 17.5 Å². The van der Waals surface area contributed by atoms with Gasteiger partial charge in [-0.1, -0.05) is 32.1 Å². The van der Waals surface area contributed by atoms with E-state index in [9.17, 15) is 9.59 Å². The van der Waals surface area contributed by atoms with Crippen molar-refractivity contribution in [1.82, 2.24) is 0 Å². The minimum Gasteiger partial charge on any atom is -0.299 e. The van der Waals surface area contributed by atoms with Gasteiger partial charge in [-0.2, -0.15) is 0 Å². The lowest BCUT2D eigenvalue weighted by Gasteiger charge is -2.27. The summed E-state index contributed by atoms with van der Waals surface area (Å²) in [5.74, 6) is 0.399. The molecule has 0 radical (unpaired) electrons. The lowest BCUT2D eigenvalue weighted by molar-refractivity contribution is -0.125. The Labute approximate surface area is 92.1 Å². The molecule has 0 aliphatic carbocycles. The summed E-state index contributed by atoms with van der Waals surface area (Å²) in [5, 5.41) is 0. The van der Waals surface area contributed by atoms with Gasteiger partial charge in [-0.15, -0.1) is 0 Å². The average molecular weight is 208 g/mol.